The van der Waals surface area contributed by atoms with E-state index < -0.39 is 0 Å². The molecule has 0 aromatic heterocycles. The minimum Gasteiger partial charge on any atom is -0.446 e. The van der Waals surface area contributed by atoms with E-state index >= 15 is 0 Å². The molecule has 0 saturated carbocycles. The molecule has 4 radical (unpaired) electrons. The van der Waals surface area contributed by atoms with E-state index in [0.29, 0.717) is 11.8 Å². The average Bonchev–Trinajstić information content (AvgIpc) is 2.78. The third-order valence-electron chi connectivity index (χ3n) is 4.69. The van der Waals surface area contributed by atoms with Crippen molar-refractivity contribution in [2.45, 2.75) is 78.2 Å². The van der Waals surface area contributed by atoms with E-state index in [1.807, 2.05) is 6.42 Å². The summed E-state index contributed by atoms with van der Waals surface area (Å²) in [5, 5.41) is 0. The van der Waals surface area contributed by atoms with Crippen molar-refractivity contribution in [2.24, 2.45) is 11.8 Å². The van der Waals surface area contributed by atoms with Crippen LogP contribution in [0.15, 0.2) is 0 Å². The van der Waals surface area contributed by atoms with Gasteiger partial charge in [-0.05, 0) is 0 Å². The molecule has 2 aliphatic rings. The molecule has 2 nitrogen and oxygen atoms in total. The van der Waals surface area contributed by atoms with E-state index in [2.05, 4.69) is 54.9 Å². The quantitative estimate of drug-likeness (QED) is 0.446. The molecule has 2 rings (SSSR count). The second kappa shape index (κ2) is 12.6. The van der Waals surface area contributed by atoms with Gasteiger partial charge in [0.25, 0.3) is 0 Å². The molecule has 6 atom stereocenters. The van der Waals surface area contributed by atoms with Crippen LogP contribution in [-0.4, -0.2) is 31.2 Å². The predicted octanol–water partition coefficient (Wildman–Crippen LogP) is 4.19. The SMILES string of the molecule is C.[B][C@H]1[CH-][C@H](C)C([CH2-])(CC)O1.[CH2-]C1(CC)O[C@@H](C)[CH-]C1C.[Y].[Y]. The topological polar surface area (TPSA) is 18.5 Å². The van der Waals surface area contributed by atoms with Crippen molar-refractivity contribution in [3.05, 3.63) is 26.7 Å². The van der Waals surface area contributed by atoms with Crippen molar-refractivity contribution < 1.29 is 74.9 Å². The minimum atomic E-state index is -0.264. The molecule has 0 amide bonds. The van der Waals surface area contributed by atoms with Crippen LogP contribution >= 0.6 is 0 Å². The zero-order valence-electron chi connectivity index (χ0n) is 14.8. The van der Waals surface area contributed by atoms with Gasteiger partial charge in [0.2, 0.25) is 0 Å². The zero-order chi connectivity index (χ0) is 15.6. The first kappa shape index (κ1) is 29.9. The standard InChI is InChI=1S/C9H16O.C8H13BO.CH4.2Y/c1-5-9(4)7(2)6-8(3)10-9;1-4-8(3)6(2)5-7(9)10-8;;;/h6-8H,4-5H2,1-3H3;5-7H,3-4H2,1-2H3;1H4;;/q2*-2;;;/t7?,8-,9?;6-,7+,8?;;;/m00.../s1. The van der Waals surface area contributed by atoms with E-state index in [1.165, 1.54) is 0 Å². The molecule has 0 N–H and O–H groups in total. The van der Waals surface area contributed by atoms with E-state index in [4.69, 9.17) is 17.3 Å². The summed E-state index contributed by atoms with van der Waals surface area (Å²) in [6, 6.07) is -0.215. The van der Waals surface area contributed by atoms with Gasteiger partial charge >= 0.3 is 0 Å². The van der Waals surface area contributed by atoms with Crippen LogP contribution in [0.25, 0.3) is 0 Å². The summed E-state index contributed by atoms with van der Waals surface area (Å²) in [6.45, 7) is 18.6. The Hall–Kier alpha value is 2.19. The van der Waals surface area contributed by atoms with Gasteiger partial charge in [-0.15, -0.1) is 6.00 Å². The summed E-state index contributed by atoms with van der Waals surface area (Å²) in [7, 11) is 5.56. The van der Waals surface area contributed by atoms with Crippen molar-refractivity contribution in [3.8, 4) is 0 Å². The van der Waals surface area contributed by atoms with Gasteiger partial charge in [-0.3, -0.25) is 6.42 Å². The largest absolute Gasteiger partial charge is 0.446 e. The van der Waals surface area contributed by atoms with Gasteiger partial charge in [0.1, 0.15) is 0 Å². The zero-order valence-corrected chi connectivity index (χ0v) is 20.5. The second-order valence-corrected chi connectivity index (χ2v) is 6.20. The predicted molar refractivity (Wildman–Crippen MR) is 91.6 cm³/mol. The van der Waals surface area contributed by atoms with Crippen molar-refractivity contribution >= 4 is 7.85 Å². The fourth-order valence-electron chi connectivity index (χ4n) is 2.79. The molecule has 2 fully saturated rings. The first-order chi connectivity index (χ1) is 9.16. The Morgan fingerprint density at radius 2 is 1.30 bits per heavy atom. The first-order valence-corrected chi connectivity index (χ1v) is 7.68. The van der Waals surface area contributed by atoms with Gasteiger partial charge in [0.05, 0.1) is 7.85 Å². The van der Waals surface area contributed by atoms with Crippen LogP contribution in [0.4, 0.5) is 0 Å². The molecule has 0 spiro atoms. The molecule has 2 aliphatic heterocycles. The average molecular weight is 470 g/mol. The Balaban J connectivity index is -0.000000308. The molecule has 0 bridgehead atoms. The summed E-state index contributed by atoms with van der Waals surface area (Å²) in [5.41, 5.74) is -0.404. The van der Waals surface area contributed by atoms with Crippen LogP contribution in [0, 0.1) is 38.5 Å². The van der Waals surface area contributed by atoms with Gasteiger partial charge in [0.15, 0.2) is 0 Å². The Morgan fingerprint density at radius 3 is 1.48 bits per heavy atom. The molecule has 3 unspecified atom stereocenters. The summed E-state index contributed by atoms with van der Waals surface area (Å²) in [6.07, 6.45) is 6.41. The molecule has 0 aliphatic carbocycles. The summed E-state index contributed by atoms with van der Waals surface area (Å²) < 4.78 is 11.1. The summed E-state index contributed by atoms with van der Waals surface area (Å²) in [5.74, 6) is 0.861. The molecular weight excluding hydrogens is 437 g/mol. The van der Waals surface area contributed by atoms with Gasteiger partial charge in [0, 0.05) is 65.4 Å². The Morgan fingerprint density at radius 1 is 0.913 bits per heavy atom. The van der Waals surface area contributed by atoms with Gasteiger partial charge in [-0.1, -0.05) is 72.2 Å². The second-order valence-electron chi connectivity index (χ2n) is 6.20. The van der Waals surface area contributed by atoms with Crippen LogP contribution in [0.5, 0.6) is 0 Å². The fourth-order valence-corrected chi connectivity index (χ4v) is 2.79. The molecule has 23 heavy (non-hydrogen) atoms. The Kier molecular flexibility index (Phi) is 16.3. The normalized spacial score (nSPS) is 41.7. The van der Waals surface area contributed by atoms with E-state index in [9.17, 15) is 0 Å². The maximum absolute atomic E-state index is 5.64. The molecule has 0 aromatic carbocycles. The third kappa shape index (κ3) is 8.17. The fraction of sp³-hybridized carbons (Fsp3) is 0.778. The molecule has 2 saturated heterocycles. The maximum atomic E-state index is 5.64. The van der Waals surface area contributed by atoms with E-state index in [-0.39, 0.29) is 96.2 Å². The van der Waals surface area contributed by atoms with Crippen molar-refractivity contribution in [1.29, 1.82) is 0 Å². The number of hydrogen-bond donors (Lipinski definition) is 0. The van der Waals surface area contributed by atoms with E-state index in [0.717, 1.165) is 12.8 Å². The van der Waals surface area contributed by atoms with Crippen molar-refractivity contribution in [3.63, 3.8) is 0 Å². The maximum Gasteiger partial charge on any atom is 0.0623 e. The molecule has 2 heterocycles. The van der Waals surface area contributed by atoms with Gasteiger partial charge in [-0.2, -0.15) is 11.8 Å². The Labute approximate surface area is 197 Å². The molecule has 130 valence electrons. The van der Waals surface area contributed by atoms with Crippen LogP contribution in [0.1, 0.15) is 54.9 Å². The third-order valence-corrected chi connectivity index (χ3v) is 4.69. The van der Waals surface area contributed by atoms with Crippen LogP contribution < -0.4 is 0 Å². The Bertz CT molecular complexity index is 289. The number of hydrogen-bond acceptors (Lipinski definition) is 2. The minimum absolute atomic E-state index is 0. The smallest absolute Gasteiger partial charge is 0.0623 e. The van der Waals surface area contributed by atoms with Crippen molar-refractivity contribution in [1.82, 2.24) is 0 Å². The first-order valence-electron chi connectivity index (χ1n) is 7.68. The number of rotatable bonds is 2. The molecule has 5 heteroatoms. The van der Waals surface area contributed by atoms with Crippen LogP contribution in [0.2, 0.25) is 0 Å². The molecular formula is C18H33BO2Y2-4. The van der Waals surface area contributed by atoms with Crippen LogP contribution in [0.3, 0.4) is 0 Å². The molecule has 0 aromatic rings. The van der Waals surface area contributed by atoms with Crippen LogP contribution in [-0.2, 0) is 74.9 Å². The summed E-state index contributed by atoms with van der Waals surface area (Å²) in [4.78, 5) is 0. The van der Waals surface area contributed by atoms with Crippen molar-refractivity contribution in [2.75, 3.05) is 0 Å². The number of ether oxygens (including phenoxy) is 2. The van der Waals surface area contributed by atoms with Gasteiger partial charge < -0.3 is 29.7 Å². The summed E-state index contributed by atoms with van der Waals surface area (Å²) >= 11 is 0. The van der Waals surface area contributed by atoms with Gasteiger partial charge in [-0.25, -0.2) is 0 Å². The monoisotopic (exact) mass is 470 g/mol. The van der Waals surface area contributed by atoms with E-state index in [1.54, 1.807) is 0 Å².